The lowest BCUT2D eigenvalue weighted by molar-refractivity contribution is -0.127. The Morgan fingerprint density at radius 1 is 1.35 bits per heavy atom. The molecule has 98 valence electrons. The predicted octanol–water partition coefficient (Wildman–Crippen LogP) is 1.26. The predicted molar refractivity (Wildman–Crippen MR) is 67.4 cm³/mol. The molecule has 1 fully saturated rings. The van der Waals surface area contributed by atoms with Crippen molar-refractivity contribution in [2.24, 2.45) is 17.8 Å². The number of carbonyl (C=O) groups excluding carboxylic acids is 2. The Hall–Kier alpha value is -1.06. The Morgan fingerprint density at radius 3 is 2.29 bits per heavy atom. The number of amides is 2. The van der Waals surface area contributed by atoms with Gasteiger partial charge in [0.2, 0.25) is 11.8 Å². The van der Waals surface area contributed by atoms with Crippen LogP contribution < -0.4 is 5.32 Å². The first kappa shape index (κ1) is 14.0. The second-order valence-electron chi connectivity index (χ2n) is 5.67. The maximum atomic E-state index is 11.8. The molecule has 1 aliphatic rings. The monoisotopic (exact) mass is 240 g/mol. The van der Waals surface area contributed by atoms with Crippen molar-refractivity contribution in [2.75, 3.05) is 13.6 Å². The number of likely N-dealkylation sites (tertiary alicyclic amines) is 1. The van der Waals surface area contributed by atoms with Gasteiger partial charge in [-0.2, -0.15) is 0 Å². The smallest absolute Gasteiger partial charge is 0.222 e. The van der Waals surface area contributed by atoms with Crippen LogP contribution >= 0.6 is 0 Å². The molecular formula is C13H24N2O2. The molecule has 0 radical (unpaired) electrons. The third-order valence-electron chi connectivity index (χ3n) is 3.43. The summed E-state index contributed by atoms with van der Waals surface area (Å²) in [4.78, 5) is 25.1. The van der Waals surface area contributed by atoms with E-state index in [4.69, 9.17) is 0 Å². The lowest BCUT2D eigenvalue weighted by Gasteiger charge is -2.28. The van der Waals surface area contributed by atoms with Crippen molar-refractivity contribution >= 4 is 11.8 Å². The number of hydrogen-bond acceptors (Lipinski definition) is 2. The van der Waals surface area contributed by atoms with E-state index in [1.54, 1.807) is 4.90 Å². The Balaban J connectivity index is 2.67. The van der Waals surface area contributed by atoms with Gasteiger partial charge in [-0.1, -0.05) is 27.7 Å². The third kappa shape index (κ3) is 3.45. The summed E-state index contributed by atoms with van der Waals surface area (Å²) in [7, 11) is 1.82. The van der Waals surface area contributed by atoms with Gasteiger partial charge in [-0.25, -0.2) is 0 Å². The molecule has 0 bridgehead atoms. The van der Waals surface area contributed by atoms with Crippen molar-refractivity contribution in [2.45, 2.75) is 40.2 Å². The van der Waals surface area contributed by atoms with E-state index in [1.807, 2.05) is 20.9 Å². The highest BCUT2D eigenvalue weighted by atomic mass is 16.2. The Bertz CT molecular complexity index is 300. The van der Waals surface area contributed by atoms with Gasteiger partial charge in [0.05, 0.1) is 0 Å². The zero-order valence-corrected chi connectivity index (χ0v) is 11.5. The molecule has 2 amide bonds. The average Bonchev–Trinajstić information content (AvgIpc) is 2.54. The number of rotatable bonds is 4. The van der Waals surface area contributed by atoms with Gasteiger partial charge in [0.1, 0.15) is 0 Å². The molecule has 17 heavy (non-hydrogen) atoms. The largest absolute Gasteiger partial charge is 0.353 e. The average molecular weight is 240 g/mol. The van der Waals surface area contributed by atoms with Crippen molar-refractivity contribution in [3.63, 3.8) is 0 Å². The van der Waals surface area contributed by atoms with Crippen molar-refractivity contribution in [3.8, 4) is 0 Å². The van der Waals surface area contributed by atoms with Crippen molar-refractivity contribution in [3.05, 3.63) is 0 Å². The second kappa shape index (κ2) is 5.52. The number of nitrogens with zero attached hydrogens (tertiary/aromatic N) is 1. The van der Waals surface area contributed by atoms with Crippen LogP contribution in [0.2, 0.25) is 0 Å². The van der Waals surface area contributed by atoms with Gasteiger partial charge < -0.3 is 10.2 Å². The normalized spacial score (nSPS) is 22.4. The summed E-state index contributed by atoms with van der Waals surface area (Å²) in [6, 6.07) is 0.0961. The Morgan fingerprint density at radius 2 is 1.94 bits per heavy atom. The molecule has 0 aromatic rings. The zero-order valence-electron chi connectivity index (χ0n) is 11.5. The second-order valence-corrected chi connectivity index (χ2v) is 5.67. The quantitative estimate of drug-likeness (QED) is 0.804. The van der Waals surface area contributed by atoms with E-state index in [-0.39, 0.29) is 29.7 Å². The molecule has 2 atom stereocenters. The van der Waals surface area contributed by atoms with E-state index in [9.17, 15) is 9.59 Å². The zero-order chi connectivity index (χ0) is 13.2. The van der Waals surface area contributed by atoms with Crippen LogP contribution in [-0.2, 0) is 9.59 Å². The third-order valence-corrected chi connectivity index (χ3v) is 3.43. The molecule has 1 rings (SSSR count). The first-order chi connectivity index (χ1) is 7.82. The molecule has 4 heteroatoms. The van der Waals surface area contributed by atoms with Crippen molar-refractivity contribution in [1.29, 1.82) is 0 Å². The van der Waals surface area contributed by atoms with Crippen molar-refractivity contribution < 1.29 is 9.59 Å². The summed E-state index contributed by atoms with van der Waals surface area (Å²) in [6.07, 6.45) is 0.553. The van der Waals surface area contributed by atoms with E-state index in [0.717, 1.165) is 6.54 Å². The summed E-state index contributed by atoms with van der Waals surface area (Å²) in [5, 5.41) is 3.08. The van der Waals surface area contributed by atoms with E-state index >= 15 is 0 Å². The fraction of sp³-hybridized carbons (Fsp3) is 0.846. The summed E-state index contributed by atoms with van der Waals surface area (Å²) >= 11 is 0. The van der Waals surface area contributed by atoms with Gasteiger partial charge >= 0.3 is 0 Å². The highest BCUT2D eigenvalue weighted by Crippen LogP contribution is 2.24. The van der Waals surface area contributed by atoms with Crippen LogP contribution in [0.4, 0.5) is 0 Å². The number of nitrogens with one attached hydrogen (secondary N) is 1. The number of hydrogen-bond donors (Lipinski definition) is 1. The van der Waals surface area contributed by atoms with Gasteiger partial charge in [0.25, 0.3) is 0 Å². The minimum Gasteiger partial charge on any atom is -0.353 e. The van der Waals surface area contributed by atoms with Crippen molar-refractivity contribution in [1.82, 2.24) is 10.2 Å². The minimum absolute atomic E-state index is 0.00826. The first-order valence-electron chi connectivity index (χ1n) is 6.37. The molecule has 0 aromatic carbocycles. The van der Waals surface area contributed by atoms with Crippen LogP contribution in [0.3, 0.4) is 0 Å². The Labute approximate surface area is 104 Å². The molecule has 4 nitrogen and oxygen atoms in total. The Kier molecular flexibility index (Phi) is 4.54. The molecule has 1 saturated heterocycles. The number of carbonyl (C=O) groups is 2. The lowest BCUT2D eigenvalue weighted by Crippen LogP contribution is -2.46. The minimum atomic E-state index is -0.00826. The summed E-state index contributed by atoms with van der Waals surface area (Å²) < 4.78 is 0. The summed E-state index contributed by atoms with van der Waals surface area (Å²) in [6.45, 7) is 8.71. The molecule has 1 heterocycles. The van der Waals surface area contributed by atoms with E-state index in [0.29, 0.717) is 12.3 Å². The van der Waals surface area contributed by atoms with E-state index < -0.39 is 0 Å². The van der Waals surface area contributed by atoms with Crippen LogP contribution in [0, 0.1) is 17.8 Å². The fourth-order valence-electron chi connectivity index (χ4n) is 2.30. The highest BCUT2D eigenvalue weighted by Gasteiger charge is 2.35. The van der Waals surface area contributed by atoms with Crippen LogP contribution in [0.1, 0.15) is 34.1 Å². The molecule has 1 N–H and O–H groups in total. The van der Waals surface area contributed by atoms with Gasteiger partial charge in [0, 0.05) is 37.9 Å². The van der Waals surface area contributed by atoms with Crippen LogP contribution in [0.25, 0.3) is 0 Å². The standard InChI is InChI=1S/C13H24N2O2/c1-8(2)12(14-13(17)9(3)4)10-6-11(16)15(5)7-10/h8-10,12H,6-7H2,1-5H3,(H,14,17)/t10-,12-/m1/s1. The molecule has 0 unspecified atom stereocenters. The molecule has 0 spiro atoms. The SMILES string of the molecule is CC(C)C(=O)N[C@H](C(C)C)[C@@H]1CC(=O)N(C)C1. The van der Waals surface area contributed by atoms with Gasteiger partial charge in [0.15, 0.2) is 0 Å². The maximum absolute atomic E-state index is 11.8. The van der Waals surface area contributed by atoms with Crippen LogP contribution in [0.15, 0.2) is 0 Å². The lowest BCUT2D eigenvalue weighted by atomic mass is 9.89. The summed E-state index contributed by atoms with van der Waals surface area (Å²) in [5.41, 5.74) is 0. The molecule has 0 aliphatic carbocycles. The van der Waals surface area contributed by atoms with Gasteiger partial charge in [-0.15, -0.1) is 0 Å². The molecular weight excluding hydrogens is 216 g/mol. The summed E-state index contributed by atoms with van der Waals surface area (Å²) in [5.74, 6) is 0.841. The maximum Gasteiger partial charge on any atom is 0.222 e. The molecule has 0 aromatic heterocycles. The topological polar surface area (TPSA) is 49.4 Å². The highest BCUT2D eigenvalue weighted by molar-refractivity contribution is 5.80. The van der Waals surface area contributed by atoms with Crippen LogP contribution in [-0.4, -0.2) is 36.3 Å². The fourth-order valence-corrected chi connectivity index (χ4v) is 2.30. The van der Waals surface area contributed by atoms with Gasteiger partial charge in [-0.05, 0) is 5.92 Å². The van der Waals surface area contributed by atoms with E-state index in [2.05, 4.69) is 19.2 Å². The molecule has 1 aliphatic heterocycles. The van der Waals surface area contributed by atoms with E-state index in [1.165, 1.54) is 0 Å². The first-order valence-corrected chi connectivity index (χ1v) is 6.37. The molecule has 0 saturated carbocycles. The van der Waals surface area contributed by atoms with Gasteiger partial charge in [-0.3, -0.25) is 9.59 Å². The van der Waals surface area contributed by atoms with Crippen LogP contribution in [0.5, 0.6) is 0 Å².